The molecule has 3 fully saturated rings. The van der Waals surface area contributed by atoms with Gasteiger partial charge < -0.3 is 24.8 Å². The van der Waals surface area contributed by atoms with E-state index >= 15 is 0 Å². The molecule has 2 aromatic carbocycles. The van der Waals surface area contributed by atoms with Gasteiger partial charge in [-0.1, -0.05) is 29.3 Å². The summed E-state index contributed by atoms with van der Waals surface area (Å²) in [5.74, 6) is -0.689. The Morgan fingerprint density at radius 1 is 1.08 bits per heavy atom. The van der Waals surface area contributed by atoms with E-state index in [0.717, 1.165) is 5.69 Å². The Morgan fingerprint density at radius 3 is 2.43 bits per heavy atom. The molecular formula is C25H26Cl2N4O5S. The minimum Gasteiger partial charge on any atom is -0.444 e. The standard InChI is InChI=1S/C25H26Cl2N4O5S/c1-16-25(28-24(34)36-16)14-31(15-25)22(32)13-37(35)21-6-5-17(11-20(21)27)23(33)30-9-7-29(8-10-30)19-4-2-3-18(26)12-19/h2-6,11-12,16H,7-10,13-15H2,1H3,(H,28,34). The van der Waals surface area contributed by atoms with Crippen molar-refractivity contribution in [3.63, 3.8) is 0 Å². The first-order valence-corrected chi connectivity index (χ1v) is 14.0. The lowest BCUT2D eigenvalue weighted by molar-refractivity contribution is -0.137. The van der Waals surface area contributed by atoms with E-state index in [1.54, 1.807) is 24.0 Å². The second kappa shape index (κ2) is 10.2. The fourth-order valence-corrected chi connectivity index (χ4v) is 6.56. The predicted octanol–water partition coefficient (Wildman–Crippen LogP) is 2.77. The third kappa shape index (κ3) is 5.15. The number of hydrogen-bond donors (Lipinski definition) is 1. The number of ether oxygens (including phenoxy) is 1. The molecule has 196 valence electrons. The van der Waals surface area contributed by atoms with E-state index < -0.39 is 22.4 Å². The van der Waals surface area contributed by atoms with Crippen LogP contribution in [0.3, 0.4) is 0 Å². The number of piperazine rings is 1. The summed E-state index contributed by atoms with van der Waals surface area (Å²) in [7, 11) is -1.68. The summed E-state index contributed by atoms with van der Waals surface area (Å²) in [4.78, 5) is 43.0. The normalized spacial score (nSPS) is 21.3. The van der Waals surface area contributed by atoms with Gasteiger partial charge in [0.2, 0.25) is 5.91 Å². The Balaban J connectivity index is 1.16. The van der Waals surface area contributed by atoms with Crippen molar-refractivity contribution in [1.29, 1.82) is 0 Å². The Bertz CT molecular complexity index is 1280. The molecule has 3 aliphatic heterocycles. The van der Waals surface area contributed by atoms with Crippen LogP contribution in [0.5, 0.6) is 0 Å². The first-order valence-electron chi connectivity index (χ1n) is 11.9. The van der Waals surface area contributed by atoms with Crippen LogP contribution >= 0.6 is 23.2 Å². The Kier molecular flexibility index (Phi) is 7.08. The molecule has 0 aliphatic carbocycles. The molecule has 1 N–H and O–H groups in total. The Hall–Kier alpha value is -2.82. The van der Waals surface area contributed by atoms with Gasteiger partial charge in [-0.05, 0) is 43.3 Å². The van der Waals surface area contributed by atoms with Crippen LogP contribution in [0.1, 0.15) is 17.3 Å². The molecule has 2 aromatic rings. The summed E-state index contributed by atoms with van der Waals surface area (Å²) in [6, 6.07) is 12.3. The Morgan fingerprint density at radius 2 is 1.81 bits per heavy atom. The van der Waals surface area contributed by atoms with E-state index in [1.807, 2.05) is 24.3 Å². The lowest BCUT2D eigenvalue weighted by atomic mass is 9.85. The number of carbonyl (C=O) groups is 3. The minimum atomic E-state index is -1.68. The molecule has 2 atom stereocenters. The van der Waals surface area contributed by atoms with Crippen LogP contribution < -0.4 is 10.2 Å². The highest BCUT2D eigenvalue weighted by Crippen LogP contribution is 2.31. The SMILES string of the molecule is CC1OC(=O)NC12CN(C(=O)CS(=O)c1ccc(C(=O)N3CCN(c4cccc(Cl)c4)CC3)cc1Cl)C2. The largest absolute Gasteiger partial charge is 0.444 e. The molecule has 0 bridgehead atoms. The fraction of sp³-hybridized carbons (Fsp3) is 0.400. The van der Waals surface area contributed by atoms with Crippen molar-refractivity contribution in [3.8, 4) is 0 Å². The van der Waals surface area contributed by atoms with Crippen molar-refractivity contribution >= 4 is 57.6 Å². The van der Waals surface area contributed by atoms with Gasteiger partial charge in [-0.3, -0.25) is 13.8 Å². The summed E-state index contributed by atoms with van der Waals surface area (Å²) in [6.07, 6.45) is -0.832. The maximum atomic E-state index is 13.1. The number of halogens is 2. The molecule has 0 saturated carbocycles. The lowest BCUT2D eigenvalue weighted by Gasteiger charge is -2.48. The van der Waals surface area contributed by atoms with Crippen molar-refractivity contribution < 1.29 is 23.3 Å². The number of carbonyl (C=O) groups excluding carboxylic acids is 3. The van der Waals surface area contributed by atoms with Gasteiger partial charge in [0.1, 0.15) is 17.4 Å². The summed E-state index contributed by atoms with van der Waals surface area (Å²) in [5.41, 5.74) is 0.852. The van der Waals surface area contributed by atoms with Gasteiger partial charge in [-0.25, -0.2) is 4.79 Å². The smallest absolute Gasteiger partial charge is 0.408 e. The van der Waals surface area contributed by atoms with E-state index in [1.165, 1.54) is 11.0 Å². The Labute approximate surface area is 227 Å². The maximum Gasteiger partial charge on any atom is 0.408 e. The molecule has 0 radical (unpaired) electrons. The van der Waals surface area contributed by atoms with Crippen molar-refractivity contribution in [2.24, 2.45) is 0 Å². The molecule has 5 rings (SSSR count). The quantitative estimate of drug-likeness (QED) is 0.599. The number of alkyl carbamates (subject to hydrolysis) is 1. The first-order chi connectivity index (χ1) is 17.6. The van der Waals surface area contributed by atoms with Crippen LogP contribution in [0, 0.1) is 0 Å². The molecule has 3 saturated heterocycles. The molecule has 1 spiro atoms. The number of likely N-dealkylation sites (tertiary alicyclic amines) is 1. The summed E-state index contributed by atoms with van der Waals surface area (Å²) in [5, 5.41) is 3.61. The molecule has 3 aliphatic rings. The molecule has 2 unspecified atom stereocenters. The van der Waals surface area contributed by atoms with Gasteiger partial charge in [0.25, 0.3) is 5.91 Å². The number of cyclic esters (lactones) is 1. The average molecular weight is 565 g/mol. The summed E-state index contributed by atoms with van der Waals surface area (Å²) in [6.45, 7) is 4.84. The van der Waals surface area contributed by atoms with E-state index in [2.05, 4.69) is 10.2 Å². The monoisotopic (exact) mass is 564 g/mol. The summed E-state index contributed by atoms with van der Waals surface area (Å²) < 4.78 is 18.0. The second-order valence-corrected chi connectivity index (χ2v) is 11.7. The summed E-state index contributed by atoms with van der Waals surface area (Å²) >= 11 is 12.5. The molecule has 12 heteroatoms. The van der Waals surface area contributed by atoms with Crippen LogP contribution in [0.15, 0.2) is 47.4 Å². The zero-order valence-electron chi connectivity index (χ0n) is 20.1. The third-order valence-corrected chi connectivity index (χ3v) is 9.15. The van der Waals surface area contributed by atoms with Crippen molar-refractivity contribution in [2.75, 3.05) is 49.9 Å². The van der Waals surface area contributed by atoms with Gasteiger partial charge in [0.05, 0.1) is 20.7 Å². The number of benzene rings is 2. The molecular weight excluding hydrogens is 539 g/mol. The number of rotatable bonds is 5. The lowest BCUT2D eigenvalue weighted by Crippen LogP contribution is -2.72. The molecule has 9 nitrogen and oxygen atoms in total. The molecule has 0 aromatic heterocycles. The van der Waals surface area contributed by atoms with E-state index in [0.29, 0.717) is 54.8 Å². The van der Waals surface area contributed by atoms with Crippen LogP contribution in [-0.4, -0.2) is 88.6 Å². The number of amides is 3. The number of anilines is 1. The van der Waals surface area contributed by atoms with Gasteiger partial charge in [0.15, 0.2) is 0 Å². The third-order valence-electron chi connectivity index (χ3n) is 7.13. The van der Waals surface area contributed by atoms with Gasteiger partial charge in [0, 0.05) is 55.5 Å². The van der Waals surface area contributed by atoms with Crippen molar-refractivity contribution in [3.05, 3.63) is 58.1 Å². The van der Waals surface area contributed by atoms with Crippen LogP contribution in [0.4, 0.5) is 10.5 Å². The van der Waals surface area contributed by atoms with Crippen LogP contribution in [0.2, 0.25) is 10.0 Å². The fourth-order valence-electron chi connectivity index (χ4n) is 4.88. The maximum absolute atomic E-state index is 13.1. The second-order valence-electron chi connectivity index (χ2n) is 9.47. The van der Waals surface area contributed by atoms with Crippen molar-refractivity contribution in [2.45, 2.75) is 23.5 Å². The zero-order valence-corrected chi connectivity index (χ0v) is 22.4. The highest BCUT2D eigenvalue weighted by atomic mass is 35.5. The van der Waals surface area contributed by atoms with Crippen LogP contribution in [-0.2, 0) is 20.3 Å². The number of nitrogens with zero attached hydrogens (tertiary/aromatic N) is 3. The highest BCUT2D eigenvalue weighted by molar-refractivity contribution is 7.85. The van der Waals surface area contributed by atoms with E-state index in [-0.39, 0.29) is 28.7 Å². The topological polar surface area (TPSA) is 99.3 Å². The number of hydrogen-bond acceptors (Lipinski definition) is 6. The van der Waals surface area contributed by atoms with Gasteiger partial charge in [-0.2, -0.15) is 0 Å². The van der Waals surface area contributed by atoms with Gasteiger partial charge in [-0.15, -0.1) is 0 Å². The molecule has 3 heterocycles. The molecule has 37 heavy (non-hydrogen) atoms. The van der Waals surface area contributed by atoms with E-state index in [9.17, 15) is 18.6 Å². The van der Waals surface area contributed by atoms with Crippen molar-refractivity contribution in [1.82, 2.24) is 15.1 Å². The highest BCUT2D eigenvalue weighted by Gasteiger charge is 2.55. The predicted molar refractivity (Wildman–Crippen MR) is 141 cm³/mol. The zero-order chi connectivity index (χ0) is 26.3. The van der Waals surface area contributed by atoms with E-state index in [4.69, 9.17) is 27.9 Å². The van der Waals surface area contributed by atoms with Gasteiger partial charge >= 0.3 is 6.09 Å². The van der Waals surface area contributed by atoms with Crippen LogP contribution in [0.25, 0.3) is 0 Å². The first kappa shape index (κ1) is 25.8. The molecule has 3 amide bonds. The number of nitrogens with one attached hydrogen (secondary N) is 1. The minimum absolute atomic E-state index is 0.151. The average Bonchev–Trinajstić information content (AvgIpc) is 3.16.